The van der Waals surface area contributed by atoms with Crippen LogP contribution in [0.2, 0.25) is 0 Å². The van der Waals surface area contributed by atoms with Crippen LogP contribution in [0.15, 0.2) is 30.3 Å². The Morgan fingerprint density at radius 1 is 0.677 bits per heavy atom. The molecule has 1 rings (SSSR count). The van der Waals surface area contributed by atoms with Gasteiger partial charge in [-0.3, -0.25) is 38.4 Å². The first-order valence-corrected chi connectivity index (χ1v) is 19.6. The number of aliphatic carboxylic acids is 5. The summed E-state index contributed by atoms with van der Waals surface area (Å²) >= 11 is 8.81. The summed E-state index contributed by atoms with van der Waals surface area (Å²) in [5.41, 5.74) is 6.53. The summed E-state index contributed by atoms with van der Waals surface area (Å²) in [6.45, 7) is -0.531. The number of ketones is 1. The van der Waals surface area contributed by atoms with Gasteiger partial charge in [-0.25, -0.2) is 14.4 Å². The number of carbonyl (C=O) groups excluding carboxylic acids is 6. The summed E-state index contributed by atoms with van der Waals surface area (Å²) < 4.78 is 4.69. The minimum Gasteiger partial charge on any atom is -0.481 e. The highest BCUT2D eigenvalue weighted by atomic mass is 32.1. The zero-order valence-electron chi connectivity index (χ0n) is 32.9. The lowest BCUT2D eigenvalue weighted by Crippen LogP contribution is -2.57. The Balaban J connectivity index is 2.91. The average Bonchev–Trinajstić information content (AvgIpc) is 3.20. The summed E-state index contributed by atoms with van der Waals surface area (Å²) in [4.78, 5) is 133. The lowest BCUT2D eigenvalue weighted by atomic mass is 9.91. The highest BCUT2D eigenvalue weighted by molar-refractivity contribution is 7.80. The molecule has 0 aliphatic heterocycles. The number of ether oxygens (including phenoxy) is 1. The number of hydrogen-bond donors (Lipinski definition) is 13. The predicted molar refractivity (Wildman–Crippen MR) is 218 cm³/mol. The largest absolute Gasteiger partial charge is 0.481 e. The van der Waals surface area contributed by atoms with Gasteiger partial charge in [0.05, 0.1) is 12.8 Å². The van der Waals surface area contributed by atoms with Crippen LogP contribution in [-0.2, 0) is 63.9 Å². The Morgan fingerprint density at radius 3 is 1.81 bits per heavy atom. The molecule has 24 nitrogen and oxygen atoms in total. The molecule has 0 saturated carbocycles. The van der Waals surface area contributed by atoms with Crippen LogP contribution in [0.1, 0.15) is 56.9 Å². The molecule has 0 radical (unpaired) electrons. The Labute approximate surface area is 363 Å². The van der Waals surface area contributed by atoms with Gasteiger partial charge in [0.2, 0.25) is 23.6 Å². The van der Waals surface area contributed by atoms with Gasteiger partial charge in [-0.2, -0.15) is 12.6 Å². The molecule has 0 heterocycles. The van der Waals surface area contributed by atoms with Gasteiger partial charge in [-0.1, -0.05) is 30.3 Å². The Hall–Kier alpha value is -6.41. The molecule has 26 heteroatoms. The fourth-order valence-corrected chi connectivity index (χ4v) is 5.83. The van der Waals surface area contributed by atoms with Crippen LogP contribution in [0.5, 0.6) is 0 Å². The van der Waals surface area contributed by atoms with E-state index in [1.54, 1.807) is 30.3 Å². The van der Waals surface area contributed by atoms with E-state index in [1.165, 1.54) is 0 Å². The molecular formula is C36H49N7O17S2. The van der Waals surface area contributed by atoms with E-state index in [9.17, 15) is 68.1 Å². The lowest BCUT2D eigenvalue weighted by molar-refractivity contribution is -0.143. The third-order valence-electron chi connectivity index (χ3n) is 8.55. The van der Waals surface area contributed by atoms with Crippen LogP contribution >= 0.6 is 24.8 Å². The van der Waals surface area contributed by atoms with Gasteiger partial charge in [0, 0.05) is 43.9 Å². The number of nitrogens with two attached hydrogens (primary N) is 1. The van der Waals surface area contributed by atoms with Gasteiger partial charge in [0.1, 0.15) is 36.0 Å². The molecule has 0 aromatic heterocycles. The first kappa shape index (κ1) is 53.6. The third kappa shape index (κ3) is 21.7. The topological polar surface area (TPSA) is 396 Å². The number of Topliss-reactive ketones (excluding diaryl/α,β-unsaturated/α-hetero) is 1. The molecule has 7 atom stereocenters. The van der Waals surface area contributed by atoms with Gasteiger partial charge in [0.15, 0.2) is 11.3 Å². The van der Waals surface area contributed by atoms with Crippen LogP contribution in [0.4, 0.5) is 0 Å². The van der Waals surface area contributed by atoms with Crippen molar-refractivity contribution in [2.24, 2.45) is 11.7 Å². The van der Waals surface area contributed by atoms with E-state index in [4.69, 9.17) is 28.2 Å². The fraction of sp³-hybridized carbons (Fsp3) is 0.500. The van der Waals surface area contributed by atoms with Crippen molar-refractivity contribution >= 4 is 95.7 Å². The normalized spacial score (nSPS) is 14.0. The van der Waals surface area contributed by atoms with Crippen molar-refractivity contribution in [3.63, 3.8) is 0 Å². The SMILES string of the molecule is N[C@@H](CNC(=O)[C@@H](CC(=O)CC[C@H](NC(=O)CC[C@H](NC(=S)N[C@@H](CCC(=O)O)OC=O)C(=O)O)C(=O)O)Cc1ccccc1)C(=O)N[C@@H](CC(=O)O)C(=O)N[C@@H](CS)C(=O)O. The number of carbonyl (C=O) groups is 11. The lowest BCUT2D eigenvalue weighted by Gasteiger charge is -2.22. The van der Waals surface area contributed by atoms with E-state index in [2.05, 4.69) is 43.9 Å². The number of rotatable bonds is 31. The molecule has 0 aliphatic rings. The van der Waals surface area contributed by atoms with Crippen molar-refractivity contribution in [3.8, 4) is 0 Å². The molecule has 0 saturated heterocycles. The highest BCUT2D eigenvalue weighted by Gasteiger charge is 2.31. The quantitative estimate of drug-likeness (QED) is 0.0154. The van der Waals surface area contributed by atoms with E-state index in [-0.39, 0.29) is 30.2 Å². The number of amides is 4. The molecule has 0 spiro atoms. The van der Waals surface area contributed by atoms with E-state index in [0.29, 0.717) is 5.56 Å². The summed E-state index contributed by atoms with van der Waals surface area (Å²) in [5, 5.41) is 59.8. The molecule has 0 unspecified atom stereocenters. The van der Waals surface area contributed by atoms with Gasteiger partial charge in [-0.15, -0.1) is 0 Å². The molecular weight excluding hydrogens is 867 g/mol. The molecule has 0 bridgehead atoms. The van der Waals surface area contributed by atoms with Crippen LogP contribution in [-0.4, -0.2) is 145 Å². The van der Waals surface area contributed by atoms with E-state index in [0.717, 1.165) is 0 Å². The van der Waals surface area contributed by atoms with Crippen molar-refractivity contribution in [2.75, 3.05) is 12.3 Å². The minimum atomic E-state index is -1.75. The predicted octanol–water partition coefficient (Wildman–Crippen LogP) is -2.88. The second-order valence-electron chi connectivity index (χ2n) is 13.4. The smallest absolute Gasteiger partial charge is 0.327 e. The number of carboxylic acid groups (broad SMARTS) is 5. The van der Waals surface area contributed by atoms with Crippen molar-refractivity contribution in [2.45, 2.75) is 94.2 Å². The zero-order valence-corrected chi connectivity index (χ0v) is 34.6. The molecule has 0 aliphatic carbocycles. The maximum Gasteiger partial charge on any atom is 0.327 e. The summed E-state index contributed by atoms with van der Waals surface area (Å²) in [6, 6.07) is 0.482. The number of benzene rings is 1. The van der Waals surface area contributed by atoms with Crippen molar-refractivity contribution in [3.05, 3.63) is 35.9 Å². The van der Waals surface area contributed by atoms with E-state index >= 15 is 0 Å². The minimum absolute atomic E-state index is 0.000520. The summed E-state index contributed by atoms with van der Waals surface area (Å²) in [6.07, 6.45) is -5.06. The van der Waals surface area contributed by atoms with Crippen molar-refractivity contribution in [1.29, 1.82) is 0 Å². The second-order valence-corrected chi connectivity index (χ2v) is 14.2. The van der Waals surface area contributed by atoms with Gasteiger partial charge in [-0.05, 0) is 37.0 Å². The van der Waals surface area contributed by atoms with Crippen molar-refractivity contribution < 1.29 is 83.0 Å². The number of thiol groups is 1. The number of nitrogens with one attached hydrogen (secondary N) is 6. The van der Waals surface area contributed by atoms with Crippen LogP contribution < -0.4 is 37.6 Å². The summed E-state index contributed by atoms with van der Waals surface area (Å²) in [5.74, 6) is -13.1. The molecule has 4 amide bonds. The molecule has 1 aromatic rings. The molecule has 342 valence electrons. The highest BCUT2D eigenvalue weighted by Crippen LogP contribution is 2.16. The van der Waals surface area contributed by atoms with Crippen LogP contribution in [0.3, 0.4) is 0 Å². The standard InChI is InChI=1S/C36H49N7O17S2/c37-21(31(52)40-24(14-29(49)50)32(53)41-25(16-61)35(58)59)15-38-30(51)19(12-18-4-2-1-3-5-18)13-20(45)6-7-22(33(54)55)39-26(46)9-8-23(34(56)57)42-36(62)43-27(60-17-44)10-11-28(47)48/h1-5,17,19,21-25,27,61H,6-16,37H2,(H,38,51)(H,39,46)(H,40,52)(H,41,53)(H,47,48)(H,49,50)(H,54,55)(H,56,57)(H,58,59)(H2,42,43,62)/t19-,21+,22+,23+,24+,25+,27-/m1/s1. The van der Waals surface area contributed by atoms with Crippen molar-refractivity contribution in [1.82, 2.24) is 31.9 Å². The maximum absolute atomic E-state index is 13.4. The maximum atomic E-state index is 13.4. The van der Waals surface area contributed by atoms with Gasteiger partial charge >= 0.3 is 29.8 Å². The number of thiocarbonyl (C=S) groups is 1. The summed E-state index contributed by atoms with van der Waals surface area (Å²) in [7, 11) is 0. The Bertz CT molecular complexity index is 1790. The zero-order chi connectivity index (χ0) is 46.9. The molecule has 13 N–H and O–H groups in total. The molecule has 0 fully saturated rings. The van der Waals surface area contributed by atoms with Gasteiger partial charge < -0.3 is 67.9 Å². The van der Waals surface area contributed by atoms with Gasteiger partial charge in [0.25, 0.3) is 6.47 Å². The van der Waals surface area contributed by atoms with Crippen LogP contribution in [0, 0.1) is 5.92 Å². The fourth-order valence-electron chi connectivity index (χ4n) is 5.31. The molecule has 62 heavy (non-hydrogen) atoms. The first-order chi connectivity index (χ1) is 29.2. The average molecular weight is 916 g/mol. The molecule has 1 aromatic carbocycles. The Morgan fingerprint density at radius 2 is 1.26 bits per heavy atom. The second kappa shape index (κ2) is 28.2. The first-order valence-electron chi connectivity index (χ1n) is 18.5. The van der Waals surface area contributed by atoms with Crippen LogP contribution in [0.25, 0.3) is 0 Å². The monoisotopic (exact) mass is 915 g/mol. The number of hydrogen-bond acceptors (Lipinski definition) is 15. The van der Waals surface area contributed by atoms with E-state index in [1.807, 2.05) is 5.32 Å². The Kier molecular flexibility index (Phi) is 24.4. The van der Waals surface area contributed by atoms with E-state index < -0.39 is 153 Å². The third-order valence-corrected chi connectivity index (χ3v) is 9.15. The number of carboxylic acids is 5.